The molecule has 3 amide bonds. The van der Waals surface area contributed by atoms with Gasteiger partial charge in [-0.3, -0.25) is 19.3 Å². The molecule has 2 atom stereocenters. The SMILES string of the molecule is COc1ccccc1CN(C)C(=O)[C@H](C(C)C)N(C)C(=O)C1CCC(C(=O)[C@@H]2CCCN2C(=O)OC(C)(C)C)CC1. The van der Waals surface area contributed by atoms with Crippen LogP contribution in [-0.2, 0) is 25.7 Å². The first-order valence-corrected chi connectivity index (χ1v) is 14.9. The predicted octanol–water partition coefficient (Wildman–Crippen LogP) is 4.91. The Hall–Kier alpha value is -3.10. The van der Waals surface area contributed by atoms with Gasteiger partial charge in [-0.05, 0) is 71.3 Å². The Morgan fingerprint density at radius 2 is 1.59 bits per heavy atom. The van der Waals surface area contributed by atoms with E-state index >= 15 is 0 Å². The third-order valence-electron chi connectivity index (χ3n) is 8.31. The van der Waals surface area contributed by atoms with Crippen molar-refractivity contribution in [2.45, 2.75) is 97.4 Å². The summed E-state index contributed by atoms with van der Waals surface area (Å²) in [4.78, 5) is 58.2. The second-order valence-corrected chi connectivity index (χ2v) is 12.9. The Balaban J connectivity index is 1.60. The van der Waals surface area contributed by atoms with Crippen molar-refractivity contribution in [2.75, 3.05) is 27.7 Å². The lowest BCUT2D eigenvalue weighted by Gasteiger charge is -2.37. The molecule has 9 nitrogen and oxygen atoms in total. The molecular formula is C32H49N3O6. The molecule has 0 aromatic heterocycles. The average molecular weight is 572 g/mol. The fourth-order valence-electron chi connectivity index (χ4n) is 6.21. The largest absolute Gasteiger partial charge is 0.496 e. The fourth-order valence-corrected chi connectivity index (χ4v) is 6.21. The standard InChI is InChI=1S/C32H49N3O6/c1-21(2)27(30(38)33(6)20-24-12-9-10-14-26(24)40-8)34(7)29(37)23-17-15-22(16-18-23)28(36)25-13-11-19-35(25)31(39)41-32(3,4)5/h9-10,12,14,21-23,25,27H,11,13,15-20H2,1-8H3/t22?,23?,25-,27-/m0/s1. The van der Waals surface area contributed by atoms with Gasteiger partial charge in [0, 0.05) is 44.6 Å². The second kappa shape index (κ2) is 13.7. The van der Waals surface area contributed by atoms with Crippen molar-refractivity contribution >= 4 is 23.7 Å². The monoisotopic (exact) mass is 571 g/mol. The van der Waals surface area contributed by atoms with Crippen molar-refractivity contribution in [3.63, 3.8) is 0 Å². The summed E-state index contributed by atoms with van der Waals surface area (Å²) in [6.45, 7) is 10.3. The van der Waals surface area contributed by atoms with E-state index < -0.39 is 23.8 Å². The van der Waals surface area contributed by atoms with Crippen LogP contribution in [0.3, 0.4) is 0 Å². The Labute approximate surface area is 245 Å². The van der Waals surface area contributed by atoms with E-state index in [1.54, 1.807) is 35.9 Å². The van der Waals surface area contributed by atoms with Gasteiger partial charge >= 0.3 is 6.09 Å². The van der Waals surface area contributed by atoms with Gasteiger partial charge in [0.15, 0.2) is 5.78 Å². The number of hydrogen-bond acceptors (Lipinski definition) is 6. The Kier molecular flexibility index (Phi) is 10.8. The minimum Gasteiger partial charge on any atom is -0.496 e. The molecule has 1 saturated heterocycles. The lowest BCUT2D eigenvalue weighted by molar-refractivity contribution is -0.149. The summed E-state index contributed by atoms with van der Waals surface area (Å²) in [5, 5.41) is 0. The van der Waals surface area contributed by atoms with E-state index in [0.717, 1.165) is 17.7 Å². The molecule has 1 aliphatic heterocycles. The molecule has 0 radical (unpaired) electrons. The number of likely N-dealkylation sites (tertiary alicyclic amines) is 1. The van der Waals surface area contributed by atoms with Gasteiger partial charge < -0.3 is 19.3 Å². The molecule has 3 rings (SSSR count). The zero-order valence-electron chi connectivity index (χ0n) is 26.1. The lowest BCUT2D eigenvalue weighted by Crippen LogP contribution is -2.52. The molecule has 9 heteroatoms. The van der Waals surface area contributed by atoms with E-state index in [0.29, 0.717) is 45.2 Å². The molecule has 1 aromatic rings. The highest BCUT2D eigenvalue weighted by Gasteiger charge is 2.42. The number of ether oxygens (including phenoxy) is 2. The van der Waals surface area contributed by atoms with Crippen LogP contribution >= 0.6 is 0 Å². The predicted molar refractivity (Wildman–Crippen MR) is 157 cm³/mol. The first-order valence-electron chi connectivity index (χ1n) is 14.9. The van der Waals surface area contributed by atoms with Crippen molar-refractivity contribution in [3.05, 3.63) is 29.8 Å². The maximum Gasteiger partial charge on any atom is 0.410 e. The third kappa shape index (κ3) is 8.01. The van der Waals surface area contributed by atoms with Crippen molar-refractivity contribution < 1.29 is 28.7 Å². The topological polar surface area (TPSA) is 96.5 Å². The molecular weight excluding hydrogens is 522 g/mol. The van der Waals surface area contributed by atoms with Crippen LogP contribution in [0.15, 0.2) is 24.3 Å². The van der Waals surface area contributed by atoms with Gasteiger partial charge in [0.25, 0.3) is 0 Å². The van der Waals surface area contributed by atoms with Crippen LogP contribution < -0.4 is 4.74 Å². The molecule has 1 aromatic carbocycles. The van der Waals surface area contributed by atoms with Crippen LogP contribution in [-0.4, -0.2) is 83.8 Å². The highest BCUT2D eigenvalue weighted by Crippen LogP contribution is 2.34. The molecule has 1 heterocycles. The van der Waals surface area contributed by atoms with Gasteiger partial charge in [-0.2, -0.15) is 0 Å². The smallest absolute Gasteiger partial charge is 0.410 e. The highest BCUT2D eigenvalue weighted by molar-refractivity contribution is 5.91. The quantitative estimate of drug-likeness (QED) is 0.418. The zero-order valence-corrected chi connectivity index (χ0v) is 26.1. The maximum atomic E-state index is 13.6. The summed E-state index contributed by atoms with van der Waals surface area (Å²) >= 11 is 0. The molecule has 1 aliphatic carbocycles. The van der Waals surface area contributed by atoms with E-state index in [4.69, 9.17) is 9.47 Å². The van der Waals surface area contributed by atoms with Crippen LogP contribution in [0.1, 0.15) is 78.7 Å². The number of ketones is 1. The number of carbonyl (C=O) groups is 4. The third-order valence-corrected chi connectivity index (χ3v) is 8.31. The van der Waals surface area contributed by atoms with Crippen LogP contribution in [0.5, 0.6) is 5.75 Å². The molecule has 1 saturated carbocycles. The lowest BCUT2D eigenvalue weighted by atomic mass is 9.77. The normalized spacial score (nSPS) is 21.8. The minimum absolute atomic E-state index is 0.0510. The molecule has 0 spiro atoms. The van der Waals surface area contributed by atoms with Gasteiger partial charge in [-0.1, -0.05) is 32.0 Å². The van der Waals surface area contributed by atoms with Crippen molar-refractivity contribution in [3.8, 4) is 5.75 Å². The minimum atomic E-state index is -0.615. The molecule has 0 N–H and O–H groups in total. The summed E-state index contributed by atoms with van der Waals surface area (Å²) in [5.41, 5.74) is 0.286. The second-order valence-electron chi connectivity index (χ2n) is 12.9. The summed E-state index contributed by atoms with van der Waals surface area (Å²) < 4.78 is 11.0. The van der Waals surface area contributed by atoms with Crippen molar-refractivity contribution in [2.24, 2.45) is 17.8 Å². The Morgan fingerprint density at radius 3 is 2.17 bits per heavy atom. The number of hydrogen-bond donors (Lipinski definition) is 0. The Morgan fingerprint density at radius 1 is 0.976 bits per heavy atom. The summed E-state index contributed by atoms with van der Waals surface area (Å²) in [5.74, 6) is 0.154. The van der Waals surface area contributed by atoms with Crippen LogP contribution in [0.4, 0.5) is 4.79 Å². The van der Waals surface area contributed by atoms with E-state index in [2.05, 4.69) is 0 Å². The van der Waals surface area contributed by atoms with Gasteiger partial charge in [-0.25, -0.2) is 4.79 Å². The number of carbonyl (C=O) groups excluding carboxylic acids is 4. The van der Waals surface area contributed by atoms with E-state index in [1.165, 1.54) is 0 Å². The number of benzene rings is 1. The van der Waals surface area contributed by atoms with E-state index in [-0.39, 0.29) is 35.4 Å². The number of nitrogens with zero attached hydrogens (tertiary/aromatic N) is 3. The number of para-hydroxylation sites is 1. The number of likely N-dealkylation sites (N-methyl/N-ethyl adjacent to an activating group) is 2. The van der Waals surface area contributed by atoms with Crippen LogP contribution in [0, 0.1) is 17.8 Å². The van der Waals surface area contributed by atoms with Gasteiger partial charge in [0.2, 0.25) is 11.8 Å². The number of methoxy groups -OCH3 is 1. The van der Waals surface area contributed by atoms with Crippen LogP contribution in [0.2, 0.25) is 0 Å². The molecule has 41 heavy (non-hydrogen) atoms. The maximum absolute atomic E-state index is 13.6. The van der Waals surface area contributed by atoms with E-state index in [9.17, 15) is 19.2 Å². The number of rotatable bonds is 9. The van der Waals surface area contributed by atoms with Crippen LogP contribution in [0.25, 0.3) is 0 Å². The number of Topliss-reactive ketones (excluding diaryl/α,β-unsaturated/α-hetero) is 1. The first-order chi connectivity index (χ1) is 19.2. The van der Waals surface area contributed by atoms with Crippen molar-refractivity contribution in [1.29, 1.82) is 0 Å². The average Bonchev–Trinajstić information content (AvgIpc) is 3.42. The summed E-state index contributed by atoms with van der Waals surface area (Å²) in [6.07, 6.45) is 3.40. The first kappa shape index (κ1) is 32.4. The number of amides is 3. The van der Waals surface area contributed by atoms with Gasteiger partial charge in [-0.15, -0.1) is 0 Å². The highest BCUT2D eigenvalue weighted by atomic mass is 16.6. The molecule has 228 valence electrons. The Bertz CT molecular complexity index is 1090. The fraction of sp³-hybridized carbons (Fsp3) is 0.688. The van der Waals surface area contributed by atoms with Gasteiger partial charge in [0.1, 0.15) is 17.4 Å². The van der Waals surface area contributed by atoms with Crippen molar-refractivity contribution in [1.82, 2.24) is 14.7 Å². The molecule has 0 bridgehead atoms. The van der Waals surface area contributed by atoms with E-state index in [1.807, 2.05) is 58.9 Å². The van der Waals surface area contributed by atoms with Gasteiger partial charge in [0.05, 0.1) is 13.2 Å². The summed E-state index contributed by atoms with van der Waals surface area (Å²) in [7, 11) is 5.08. The molecule has 0 unspecified atom stereocenters. The molecule has 2 fully saturated rings. The molecule has 2 aliphatic rings. The zero-order chi connectivity index (χ0) is 30.5. The summed E-state index contributed by atoms with van der Waals surface area (Å²) in [6, 6.07) is 6.55.